The topological polar surface area (TPSA) is 46.0 Å². The molecule has 0 aliphatic carbocycles. The van der Waals surface area contributed by atoms with Gasteiger partial charge >= 0.3 is 0 Å². The summed E-state index contributed by atoms with van der Waals surface area (Å²) < 4.78 is 1.95. The van der Waals surface area contributed by atoms with Crippen LogP contribution < -0.4 is 5.32 Å². The first-order valence-electron chi connectivity index (χ1n) is 6.89. The van der Waals surface area contributed by atoms with Gasteiger partial charge in [-0.15, -0.1) is 0 Å². The van der Waals surface area contributed by atoms with Crippen molar-refractivity contribution < 1.29 is 0 Å². The standard InChI is InChI=1S/C13H25N5/c1-4-18-12(15-11-16-18)9-14-10-13(2)5-7-17(3)8-6-13/h11,14H,4-10H2,1-3H3. The summed E-state index contributed by atoms with van der Waals surface area (Å²) in [5, 5.41) is 7.73. The molecule has 0 atom stereocenters. The van der Waals surface area contributed by atoms with E-state index in [2.05, 4.69) is 41.2 Å². The average molecular weight is 251 g/mol. The van der Waals surface area contributed by atoms with E-state index in [9.17, 15) is 0 Å². The van der Waals surface area contributed by atoms with E-state index < -0.39 is 0 Å². The van der Waals surface area contributed by atoms with Gasteiger partial charge in [-0.3, -0.25) is 0 Å². The fraction of sp³-hybridized carbons (Fsp3) is 0.846. The lowest BCUT2D eigenvalue weighted by Crippen LogP contribution is -2.42. The Morgan fingerprint density at radius 3 is 2.78 bits per heavy atom. The number of likely N-dealkylation sites (tertiary alicyclic amines) is 1. The molecule has 1 N–H and O–H groups in total. The van der Waals surface area contributed by atoms with Crippen molar-refractivity contribution in [3.05, 3.63) is 12.2 Å². The van der Waals surface area contributed by atoms with Gasteiger partial charge in [-0.25, -0.2) is 9.67 Å². The van der Waals surface area contributed by atoms with E-state index in [1.165, 1.54) is 25.9 Å². The molecule has 0 radical (unpaired) electrons. The maximum Gasteiger partial charge on any atom is 0.140 e. The van der Waals surface area contributed by atoms with E-state index >= 15 is 0 Å². The van der Waals surface area contributed by atoms with Gasteiger partial charge < -0.3 is 10.2 Å². The van der Waals surface area contributed by atoms with Gasteiger partial charge in [0, 0.05) is 13.1 Å². The molecule has 1 aromatic rings. The number of rotatable bonds is 5. The highest BCUT2D eigenvalue weighted by Crippen LogP contribution is 2.29. The second-order valence-electron chi connectivity index (χ2n) is 5.71. The highest BCUT2D eigenvalue weighted by molar-refractivity contribution is 4.87. The van der Waals surface area contributed by atoms with Gasteiger partial charge in [-0.2, -0.15) is 5.10 Å². The highest BCUT2D eigenvalue weighted by atomic mass is 15.3. The molecule has 5 heteroatoms. The highest BCUT2D eigenvalue weighted by Gasteiger charge is 2.28. The molecule has 2 heterocycles. The van der Waals surface area contributed by atoms with Gasteiger partial charge in [0.25, 0.3) is 0 Å². The predicted octanol–water partition coefficient (Wildman–Crippen LogP) is 1.12. The van der Waals surface area contributed by atoms with Crippen LogP contribution in [0.3, 0.4) is 0 Å². The Bertz CT molecular complexity index is 365. The van der Waals surface area contributed by atoms with E-state index in [1.807, 2.05) is 4.68 Å². The molecule has 0 unspecified atom stereocenters. The number of hydrogen-bond acceptors (Lipinski definition) is 4. The van der Waals surface area contributed by atoms with E-state index in [0.717, 1.165) is 25.5 Å². The molecular formula is C13H25N5. The van der Waals surface area contributed by atoms with Crippen LogP contribution in [0.2, 0.25) is 0 Å². The first-order chi connectivity index (χ1) is 8.63. The summed E-state index contributed by atoms with van der Waals surface area (Å²) in [6.07, 6.45) is 4.19. The van der Waals surface area contributed by atoms with Crippen molar-refractivity contribution in [2.45, 2.75) is 39.8 Å². The second-order valence-corrected chi connectivity index (χ2v) is 5.71. The van der Waals surface area contributed by atoms with Gasteiger partial charge in [0.05, 0.1) is 6.54 Å². The summed E-state index contributed by atoms with van der Waals surface area (Å²) in [6.45, 7) is 9.68. The molecule has 0 spiro atoms. The summed E-state index contributed by atoms with van der Waals surface area (Å²) >= 11 is 0. The number of aryl methyl sites for hydroxylation is 1. The minimum absolute atomic E-state index is 0.434. The second kappa shape index (κ2) is 5.80. The molecule has 18 heavy (non-hydrogen) atoms. The van der Waals surface area contributed by atoms with Crippen LogP contribution in [0, 0.1) is 5.41 Å². The van der Waals surface area contributed by atoms with Crippen molar-refractivity contribution in [1.82, 2.24) is 25.0 Å². The molecule has 1 fully saturated rings. The number of hydrogen-bond donors (Lipinski definition) is 1. The Balaban J connectivity index is 1.78. The van der Waals surface area contributed by atoms with Crippen LogP contribution in [-0.4, -0.2) is 46.3 Å². The molecular weight excluding hydrogens is 226 g/mol. The summed E-state index contributed by atoms with van der Waals surface area (Å²) in [4.78, 5) is 6.70. The third kappa shape index (κ3) is 3.29. The Labute approximate surface area is 110 Å². The Kier molecular flexibility index (Phi) is 4.35. The fourth-order valence-electron chi connectivity index (χ4n) is 2.50. The van der Waals surface area contributed by atoms with Gasteiger partial charge in [0.1, 0.15) is 12.2 Å². The first kappa shape index (κ1) is 13.5. The molecule has 0 saturated carbocycles. The summed E-state index contributed by atoms with van der Waals surface area (Å²) in [5.41, 5.74) is 0.434. The zero-order chi connectivity index (χ0) is 13.0. The van der Waals surface area contributed by atoms with Crippen LogP contribution in [-0.2, 0) is 13.1 Å². The van der Waals surface area contributed by atoms with Crippen molar-refractivity contribution in [2.75, 3.05) is 26.7 Å². The third-order valence-corrected chi connectivity index (χ3v) is 4.02. The summed E-state index contributed by atoms with van der Waals surface area (Å²) in [5.74, 6) is 1.04. The Morgan fingerprint density at radius 1 is 1.39 bits per heavy atom. The van der Waals surface area contributed by atoms with Gasteiger partial charge in [-0.05, 0) is 45.3 Å². The van der Waals surface area contributed by atoms with Crippen molar-refractivity contribution in [2.24, 2.45) is 5.41 Å². The zero-order valence-corrected chi connectivity index (χ0v) is 11.8. The summed E-state index contributed by atoms with van der Waals surface area (Å²) in [6, 6.07) is 0. The number of piperidine rings is 1. The smallest absolute Gasteiger partial charge is 0.140 e. The first-order valence-corrected chi connectivity index (χ1v) is 6.89. The largest absolute Gasteiger partial charge is 0.309 e. The molecule has 5 nitrogen and oxygen atoms in total. The normalized spacial score (nSPS) is 20.2. The van der Waals surface area contributed by atoms with Gasteiger partial charge in [0.15, 0.2) is 0 Å². The van der Waals surface area contributed by atoms with E-state index in [0.29, 0.717) is 5.41 Å². The Morgan fingerprint density at radius 2 is 2.11 bits per heavy atom. The van der Waals surface area contributed by atoms with Crippen molar-refractivity contribution in [3.8, 4) is 0 Å². The fourth-order valence-corrected chi connectivity index (χ4v) is 2.50. The minimum Gasteiger partial charge on any atom is -0.309 e. The van der Waals surface area contributed by atoms with E-state index in [1.54, 1.807) is 6.33 Å². The summed E-state index contributed by atoms with van der Waals surface area (Å²) in [7, 11) is 2.21. The van der Waals surface area contributed by atoms with Crippen molar-refractivity contribution in [1.29, 1.82) is 0 Å². The lowest BCUT2D eigenvalue weighted by molar-refractivity contribution is 0.136. The lowest BCUT2D eigenvalue weighted by atomic mass is 9.80. The van der Waals surface area contributed by atoms with E-state index in [-0.39, 0.29) is 0 Å². The van der Waals surface area contributed by atoms with Crippen LogP contribution >= 0.6 is 0 Å². The molecule has 1 aromatic heterocycles. The molecule has 1 aliphatic rings. The average Bonchev–Trinajstić information content (AvgIpc) is 2.81. The lowest BCUT2D eigenvalue weighted by Gasteiger charge is -2.38. The van der Waals surface area contributed by atoms with E-state index in [4.69, 9.17) is 0 Å². The molecule has 102 valence electrons. The molecule has 0 bridgehead atoms. The van der Waals surface area contributed by atoms with Gasteiger partial charge in [0.2, 0.25) is 0 Å². The van der Waals surface area contributed by atoms with Crippen LogP contribution in [0.5, 0.6) is 0 Å². The van der Waals surface area contributed by atoms with Crippen LogP contribution in [0.1, 0.15) is 32.5 Å². The Hall–Kier alpha value is -0.940. The molecule has 0 aromatic carbocycles. The number of nitrogens with one attached hydrogen (secondary N) is 1. The van der Waals surface area contributed by atoms with Crippen molar-refractivity contribution >= 4 is 0 Å². The quantitative estimate of drug-likeness (QED) is 0.852. The molecule has 1 saturated heterocycles. The monoisotopic (exact) mass is 251 g/mol. The molecule has 1 aliphatic heterocycles. The number of nitrogens with zero attached hydrogens (tertiary/aromatic N) is 4. The maximum absolute atomic E-state index is 4.29. The molecule has 0 amide bonds. The predicted molar refractivity (Wildman–Crippen MR) is 72.2 cm³/mol. The van der Waals surface area contributed by atoms with Crippen LogP contribution in [0.15, 0.2) is 6.33 Å². The molecule has 2 rings (SSSR count). The SMILES string of the molecule is CCn1ncnc1CNCC1(C)CCN(C)CC1. The van der Waals surface area contributed by atoms with Crippen LogP contribution in [0.4, 0.5) is 0 Å². The maximum atomic E-state index is 4.29. The van der Waals surface area contributed by atoms with Crippen LogP contribution in [0.25, 0.3) is 0 Å². The van der Waals surface area contributed by atoms with Gasteiger partial charge in [-0.1, -0.05) is 6.92 Å². The van der Waals surface area contributed by atoms with Crippen molar-refractivity contribution in [3.63, 3.8) is 0 Å². The minimum atomic E-state index is 0.434. The number of aromatic nitrogens is 3. The zero-order valence-electron chi connectivity index (χ0n) is 11.8. The third-order valence-electron chi connectivity index (χ3n) is 4.02.